The molecule has 0 atom stereocenters. The molecule has 0 saturated heterocycles. The maximum atomic E-state index is 5.15. The second kappa shape index (κ2) is 4.27. The zero-order valence-electron chi connectivity index (χ0n) is 9.25. The van der Waals surface area contributed by atoms with Gasteiger partial charge in [-0.2, -0.15) is 5.10 Å². The van der Waals surface area contributed by atoms with Crippen molar-refractivity contribution >= 4 is 21.6 Å². The Morgan fingerprint density at radius 2 is 2.41 bits per heavy atom. The Balaban J connectivity index is 2.20. The summed E-state index contributed by atoms with van der Waals surface area (Å²) in [6.45, 7) is 0.501. The minimum Gasteiger partial charge on any atom is -0.378 e. The Bertz CT molecular complexity index is 630. The van der Waals surface area contributed by atoms with Gasteiger partial charge in [-0.05, 0) is 18.2 Å². The number of methoxy groups -OCH3 is 1. The smallest absolute Gasteiger partial charge is 0.154 e. The number of rotatable bonds is 3. The van der Waals surface area contributed by atoms with E-state index in [1.54, 1.807) is 13.3 Å². The van der Waals surface area contributed by atoms with Crippen LogP contribution in [0.25, 0.3) is 16.0 Å². The van der Waals surface area contributed by atoms with Gasteiger partial charge >= 0.3 is 0 Å². The molecular weight excluding hydrogens is 234 g/mol. The van der Waals surface area contributed by atoms with Gasteiger partial charge in [0.05, 0.1) is 12.3 Å². The van der Waals surface area contributed by atoms with Gasteiger partial charge in [0.25, 0.3) is 0 Å². The van der Waals surface area contributed by atoms with Gasteiger partial charge < -0.3 is 4.74 Å². The van der Waals surface area contributed by atoms with Gasteiger partial charge in [-0.25, -0.2) is 9.67 Å². The number of thiophene rings is 1. The first-order chi connectivity index (χ1) is 8.40. The highest BCUT2D eigenvalue weighted by molar-refractivity contribution is 7.16. The molecule has 3 aromatic rings. The molecule has 0 bridgehead atoms. The minimum absolute atomic E-state index is 0.501. The van der Waals surface area contributed by atoms with Crippen LogP contribution in [0.3, 0.4) is 0 Å². The molecule has 0 aliphatic heterocycles. The van der Waals surface area contributed by atoms with Crippen molar-refractivity contribution < 1.29 is 4.74 Å². The van der Waals surface area contributed by atoms with Gasteiger partial charge in [0, 0.05) is 24.1 Å². The van der Waals surface area contributed by atoms with Crippen LogP contribution in [0, 0.1) is 5.38 Å². The molecule has 0 amide bonds. The van der Waals surface area contributed by atoms with Crippen molar-refractivity contribution in [2.24, 2.45) is 0 Å². The lowest BCUT2D eigenvalue weighted by Crippen LogP contribution is -1.99. The van der Waals surface area contributed by atoms with Crippen LogP contribution in [0.4, 0.5) is 0 Å². The van der Waals surface area contributed by atoms with Crippen molar-refractivity contribution in [2.75, 3.05) is 7.11 Å². The average Bonchev–Trinajstić information content (AvgIpc) is 2.94. The molecule has 3 aromatic heterocycles. The van der Waals surface area contributed by atoms with E-state index in [1.165, 1.54) is 11.3 Å². The van der Waals surface area contributed by atoms with E-state index < -0.39 is 0 Å². The lowest BCUT2D eigenvalue weighted by atomic mass is 10.3. The summed E-state index contributed by atoms with van der Waals surface area (Å²) in [6.07, 6.45) is 1.76. The normalized spacial score (nSPS) is 11.1. The van der Waals surface area contributed by atoms with Crippen LogP contribution in [0.2, 0.25) is 0 Å². The Kier molecular flexibility index (Phi) is 2.62. The molecule has 0 spiro atoms. The van der Waals surface area contributed by atoms with E-state index in [-0.39, 0.29) is 0 Å². The first-order valence-electron chi connectivity index (χ1n) is 5.18. The van der Waals surface area contributed by atoms with Crippen molar-refractivity contribution in [1.29, 1.82) is 0 Å². The molecule has 0 fully saturated rings. The molecule has 5 heteroatoms. The van der Waals surface area contributed by atoms with E-state index in [1.807, 2.05) is 28.9 Å². The molecule has 0 saturated carbocycles. The predicted octanol–water partition coefficient (Wildman–Crippen LogP) is 2.43. The van der Waals surface area contributed by atoms with Crippen LogP contribution < -0.4 is 0 Å². The van der Waals surface area contributed by atoms with Crippen LogP contribution in [-0.2, 0) is 11.3 Å². The summed E-state index contributed by atoms with van der Waals surface area (Å²) in [6, 6.07) is 7.72. The van der Waals surface area contributed by atoms with Crippen molar-refractivity contribution in [2.45, 2.75) is 6.61 Å². The second-order valence-corrected chi connectivity index (χ2v) is 4.39. The molecule has 1 radical (unpaired) electrons. The quantitative estimate of drug-likeness (QED) is 0.710. The van der Waals surface area contributed by atoms with E-state index in [4.69, 9.17) is 4.74 Å². The molecule has 4 nitrogen and oxygen atoms in total. The van der Waals surface area contributed by atoms with E-state index >= 15 is 0 Å². The Labute approximate surface area is 102 Å². The summed E-state index contributed by atoms with van der Waals surface area (Å²) in [5, 5.41) is 8.74. The van der Waals surface area contributed by atoms with Gasteiger partial charge in [-0.3, -0.25) is 0 Å². The van der Waals surface area contributed by atoms with Gasteiger partial charge in [0.2, 0.25) is 0 Å². The number of hydrogen-bond acceptors (Lipinski definition) is 4. The summed E-state index contributed by atoms with van der Waals surface area (Å²) < 4.78 is 6.99. The van der Waals surface area contributed by atoms with Crippen molar-refractivity contribution in [3.63, 3.8) is 0 Å². The fraction of sp³-hybridized carbons (Fsp3) is 0.167. The zero-order valence-corrected chi connectivity index (χ0v) is 10.1. The number of nitrogens with zero attached hydrogens (tertiary/aromatic N) is 3. The highest BCUT2D eigenvalue weighted by atomic mass is 32.1. The summed E-state index contributed by atoms with van der Waals surface area (Å²) in [4.78, 5) is 5.36. The number of fused-ring (bicyclic) bond motifs is 1. The highest BCUT2D eigenvalue weighted by Crippen LogP contribution is 2.26. The molecular formula is C12H10N3OS. The molecule has 0 aliphatic carbocycles. The van der Waals surface area contributed by atoms with E-state index in [0.29, 0.717) is 6.61 Å². The third-order valence-electron chi connectivity index (χ3n) is 2.46. The lowest BCUT2D eigenvalue weighted by molar-refractivity contribution is 0.182. The number of ether oxygens (including phenoxy) is 1. The maximum absolute atomic E-state index is 5.15. The van der Waals surface area contributed by atoms with Gasteiger partial charge in [-0.15, -0.1) is 11.3 Å². The third kappa shape index (κ3) is 1.73. The SMILES string of the molecule is COCc1nn(-c2ccccn2)c2s[c]cc12. The molecule has 0 unspecified atom stereocenters. The molecule has 17 heavy (non-hydrogen) atoms. The second-order valence-electron chi connectivity index (χ2n) is 3.56. The third-order valence-corrected chi connectivity index (χ3v) is 3.28. The molecule has 3 heterocycles. The van der Waals surface area contributed by atoms with Gasteiger partial charge in [-0.1, -0.05) is 6.07 Å². The Morgan fingerprint density at radius 3 is 3.18 bits per heavy atom. The van der Waals surface area contributed by atoms with Crippen LogP contribution >= 0.6 is 11.3 Å². The first kappa shape index (κ1) is 10.4. The fourth-order valence-electron chi connectivity index (χ4n) is 1.72. The van der Waals surface area contributed by atoms with Crippen LogP contribution in [-0.4, -0.2) is 21.9 Å². The first-order valence-corrected chi connectivity index (χ1v) is 5.99. The minimum atomic E-state index is 0.501. The molecule has 0 N–H and O–H groups in total. The summed E-state index contributed by atoms with van der Waals surface area (Å²) >= 11 is 1.54. The van der Waals surface area contributed by atoms with Crippen molar-refractivity contribution in [3.05, 3.63) is 41.5 Å². The summed E-state index contributed by atoms with van der Waals surface area (Å²) in [5.74, 6) is 0.815. The standard InChI is InChI=1S/C12H10N3OS/c1-16-8-10-9-5-7-17-12(9)15(14-10)11-4-2-3-6-13-11/h2-6H,8H2,1H3. The van der Waals surface area contributed by atoms with Crippen LogP contribution in [0.5, 0.6) is 0 Å². The molecule has 3 rings (SSSR count). The highest BCUT2D eigenvalue weighted by Gasteiger charge is 2.13. The number of aromatic nitrogens is 3. The Hall–Kier alpha value is -1.72. The molecule has 0 aromatic carbocycles. The zero-order chi connectivity index (χ0) is 11.7. The topological polar surface area (TPSA) is 39.9 Å². The monoisotopic (exact) mass is 244 g/mol. The maximum Gasteiger partial charge on any atom is 0.154 e. The summed E-state index contributed by atoms with van der Waals surface area (Å²) in [5.41, 5.74) is 0.922. The summed E-state index contributed by atoms with van der Waals surface area (Å²) in [7, 11) is 1.67. The lowest BCUT2D eigenvalue weighted by Gasteiger charge is -1.99. The predicted molar refractivity (Wildman–Crippen MR) is 66.3 cm³/mol. The van der Waals surface area contributed by atoms with E-state index in [0.717, 1.165) is 21.7 Å². The molecule has 0 aliphatic rings. The largest absolute Gasteiger partial charge is 0.378 e. The van der Waals surface area contributed by atoms with Crippen molar-refractivity contribution in [3.8, 4) is 5.82 Å². The van der Waals surface area contributed by atoms with Crippen LogP contribution in [0.15, 0.2) is 30.5 Å². The van der Waals surface area contributed by atoms with Crippen molar-refractivity contribution in [1.82, 2.24) is 14.8 Å². The Morgan fingerprint density at radius 1 is 1.47 bits per heavy atom. The van der Waals surface area contributed by atoms with Crippen LogP contribution in [0.1, 0.15) is 5.69 Å². The fourth-order valence-corrected chi connectivity index (χ4v) is 2.52. The van der Waals surface area contributed by atoms with Gasteiger partial charge in [0.15, 0.2) is 5.82 Å². The number of pyridine rings is 1. The average molecular weight is 244 g/mol. The number of hydrogen-bond donors (Lipinski definition) is 0. The van der Waals surface area contributed by atoms with E-state index in [2.05, 4.69) is 15.5 Å². The van der Waals surface area contributed by atoms with E-state index in [9.17, 15) is 0 Å². The molecule has 85 valence electrons. The van der Waals surface area contributed by atoms with Gasteiger partial charge in [0.1, 0.15) is 4.83 Å².